The van der Waals surface area contributed by atoms with Gasteiger partial charge >= 0.3 is 0 Å². The van der Waals surface area contributed by atoms with Crippen molar-refractivity contribution in [2.24, 2.45) is 5.41 Å². The van der Waals surface area contributed by atoms with Crippen LogP contribution in [-0.2, 0) is 9.53 Å². The number of amides is 1. The molecule has 2 aliphatic rings. The van der Waals surface area contributed by atoms with Gasteiger partial charge in [0.25, 0.3) is 0 Å². The normalized spacial score (nSPS) is 24.6. The summed E-state index contributed by atoms with van der Waals surface area (Å²) in [5.41, 5.74) is -0.280. The summed E-state index contributed by atoms with van der Waals surface area (Å²) in [5, 5.41) is 6.60. The van der Waals surface area contributed by atoms with E-state index in [1.807, 2.05) is 4.90 Å². The molecule has 5 heteroatoms. The van der Waals surface area contributed by atoms with Crippen LogP contribution in [0.2, 0.25) is 0 Å². The highest BCUT2D eigenvalue weighted by atomic mass is 16.5. The zero-order valence-electron chi connectivity index (χ0n) is 10.6. The second-order valence-electron chi connectivity index (χ2n) is 5.01. The molecule has 0 radical (unpaired) electrons. The summed E-state index contributed by atoms with van der Waals surface area (Å²) in [6, 6.07) is 0. The van der Waals surface area contributed by atoms with Gasteiger partial charge in [0.1, 0.15) is 0 Å². The number of nitrogens with one attached hydrogen (secondary N) is 2. The fraction of sp³-hybridized carbons (Fsp3) is 0.917. The third-order valence-corrected chi connectivity index (χ3v) is 3.84. The van der Waals surface area contributed by atoms with Crippen LogP contribution in [-0.4, -0.2) is 63.8 Å². The highest BCUT2D eigenvalue weighted by Crippen LogP contribution is 2.31. The number of nitrogens with zero attached hydrogens (tertiary/aromatic N) is 1. The fourth-order valence-corrected chi connectivity index (χ4v) is 2.80. The van der Waals surface area contributed by atoms with Crippen molar-refractivity contribution >= 4 is 5.91 Å². The van der Waals surface area contributed by atoms with Crippen LogP contribution in [0.4, 0.5) is 0 Å². The van der Waals surface area contributed by atoms with E-state index in [-0.39, 0.29) is 5.41 Å². The standard InChI is InChI=1S/C12H23N3O2/c1-17-10-12(2-4-13-5-3-12)11(16)15-8-6-14-7-9-15/h13-14H,2-10H2,1H3. The topological polar surface area (TPSA) is 53.6 Å². The number of carbonyl (C=O) groups is 1. The van der Waals surface area contributed by atoms with Crippen LogP contribution in [0.15, 0.2) is 0 Å². The monoisotopic (exact) mass is 241 g/mol. The molecule has 0 bridgehead atoms. The Labute approximate surface area is 103 Å². The molecule has 0 aliphatic carbocycles. The fourth-order valence-electron chi connectivity index (χ4n) is 2.80. The van der Waals surface area contributed by atoms with Gasteiger partial charge in [0.05, 0.1) is 12.0 Å². The second kappa shape index (κ2) is 5.80. The van der Waals surface area contributed by atoms with Crippen LogP contribution in [0.25, 0.3) is 0 Å². The van der Waals surface area contributed by atoms with Gasteiger partial charge in [-0.05, 0) is 25.9 Å². The van der Waals surface area contributed by atoms with Crippen LogP contribution in [0, 0.1) is 5.41 Å². The molecule has 17 heavy (non-hydrogen) atoms. The number of hydrogen-bond donors (Lipinski definition) is 2. The van der Waals surface area contributed by atoms with Gasteiger partial charge in [0.15, 0.2) is 0 Å². The molecule has 2 rings (SSSR count). The molecule has 2 saturated heterocycles. The predicted molar refractivity (Wildman–Crippen MR) is 65.9 cm³/mol. The van der Waals surface area contributed by atoms with Crippen molar-refractivity contribution in [3.63, 3.8) is 0 Å². The zero-order chi connectivity index (χ0) is 12.1. The highest BCUT2D eigenvalue weighted by molar-refractivity contribution is 5.83. The largest absolute Gasteiger partial charge is 0.384 e. The maximum Gasteiger partial charge on any atom is 0.231 e. The Morgan fingerprint density at radius 1 is 1.18 bits per heavy atom. The Kier molecular flexibility index (Phi) is 4.36. The van der Waals surface area contributed by atoms with Crippen molar-refractivity contribution in [1.29, 1.82) is 0 Å². The van der Waals surface area contributed by atoms with Crippen molar-refractivity contribution in [3.05, 3.63) is 0 Å². The summed E-state index contributed by atoms with van der Waals surface area (Å²) < 4.78 is 5.31. The first-order valence-electron chi connectivity index (χ1n) is 6.48. The van der Waals surface area contributed by atoms with Crippen molar-refractivity contribution in [2.75, 3.05) is 53.0 Å². The lowest BCUT2D eigenvalue weighted by molar-refractivity contribution is -0.148. The van der Waals surface area contributed by atoms with Gasteiger partial charge in [-0.3, -0.25) is 4.79 Å². The molecule has 98 valence electrons. The van der Waals surface area contributed by atoms with E-state index >= 15 is 0 Å². The van der Waals surface area contributed by atoms with E-state index in [2.05, 4.69) is 10.6 Å². The first kappa shape index (κ1) is 12.8. The Balaban J connectivity index is 2.05. The number of carbonyl (C=O) groups excluding carboxylic acids is 1. The number of hydrogen-bond acceptors (Lipinski definition) is 4. The van der Waals surface area contributed by atoms with Gasteiger partial charge < -0.3 is 20.3 Å². The van der Waals surface area contributed by atoms with E-state index in [4.69, 9.17) is 4.74 Å². The van der Waals surface area contributed by atoms with Crippen molar-refractivity contribution in [1.82, 2.24) is 15.5 Å². The smallest absolute Gasteiger partial charge is 0.231 e. The molecule has 0 unspecified atom stereocenters. The summed E-state index contributed by atoms with van der Waals surface area (Å²) in [7, 11) is 1.69. The van der Waals surface area contributed by atoms with Gasteiger partial charge in [0.2, 0.25) is 5.91 Å². The summed E-state index contributed by atoms with van der Waals surface area (Å²) >= 11 is 0. The zero-order valence-corrected chi connectivity index (χ0v) is 10.6. The Hall–Kier alpha value is -0.650. The number of methoxy groups -OCH3 is 1. The van der Waals surface area contributed by atoms with E-state index < -0.39 is 0 Å². The van der Waals surface area contributed by atoms with Gasteiger partial charge in [-0.25, -0.2) is 0 Å². The van der Waals surface area contributed by atoms with Crippen molar-refractivity contribution in [3.8, 4) is 0 Å². The third kappa shape index (κ3) is 2.78. The van der Waals surface area contributed by atoms with Crippen LogP contribution < -0.4 is 10.6 Å². The van der Waals surface area contributed by atoms with Crippen molar-refractivity contribution < 1.29 is 9.53 Å². The summed E-state index contributed by atoms with van der Waals surface area (Å²) in [6.07, 6.45) is 1.78. The average Bonchev–Trinajstić information content (AvgIpc) is 2.40. The molecule has 2 aliphatic heterocycles. The average molecular weight is 241 g/mol. The molecule has 2 N–H and O–H groups in total. The van der Waals surface area contributed by atoms with Gasteiger partial charge in [0, 0.05) is 33.3 Å². The molecule has 0 aromatic carbocycles. The number of rotatable bonds is 3. The molecule has 0 atom stereocenters. The highest BCUT2D eigenvalue weighted by Gasteiger charge is 2.42. The van der Waals surface area contributed by atoms with E-state index in [0.29, 0.717) is 12.5 Å². The van der Waals surface area contributed by atoms with Crippen LogP contribution in [0.3, 0.4) is 0 Å². The number of piperidine rings is 1. The minimum absolute atomic E-state index is 0.280. The lowest BCUT2D eigenvalue weighted by atomic mass is 9.78. The van der Waals surface area contributed by atoms with Crippen LogP contribution in [0.1, 0.15) is 12.8 Å². The quantitative estimate of drug-likeness (QED) is 0.695. The predicted octanol–water partition coefficient (Wildman–Crippen LogP) is -0.566. The van der Waals surface area contributed by atoms with E-state index in [0.717, 1.165) is 52.1 Å². The Morgan fingerprint density at radius 3 is 2.35 bits per heavy atom. The minimum atomic E-state index is -0.280. The number of piperazine rings is 1. The molecule has 0 spiro atoms. The molecule has 0 saturated carbocycles. The van der Waals surface area contributed by atoms with E-state index in [9.17, 15) is 4.79 Å². The van der Waals surface area contributed by atoms with Gasteiger partial charge in [-0.2, -0.15) is 0 Å². The van der Waals surface area contributed by atoms with Gasteiger partial charge in [-0.1, -0.05) is 0 Å². The third-order valence-electron chi connectivity index (χ3n) is 3.84. The summed E-state index contributed by atoms with van der Waals surface area (Å²) in [6.45, 7) is 5.87. The Bertz CT molecular complexity index is 253. The second-order valence-corrected chi connectivity index (χ2v) is 5.01. The first-order chi connectivity index (χ1) is 8.28. The van der Waals surface area contributed by atoms with E-state index in [1.54, 1.807) is 7.11 Å². The SMILES string of the molecule is COCC1(C(=O)N2CCNCC2)CCNCC1. The number of ether oxygens (including phenoxy) is 1. The molecule has 0 aromatic heterocycles. The van der Waals surface area contributed by atoms with Crippen LogP contribution in [0.5, 0.6) is 0 Å². The molecular weight excluding hydrogens is 218 g/mol. The Morgan fingerprint density at radius 2 is 1.76 bits per heavy atom. The molecule has 1 amide bonds. The first-order valence-corrected chi connectivity index (χ1v) is 6.48. The van der Waals surface area contributed by atoms with E-state index in [1.165, 1.54) is 0 Å². The van der Waals surface area contributed by atoms with Gasteiger partial charge in [-0.15, -0.1) is 0 Å². The lowest BCUT2D eigenvalue weighted by Crippen LogP contribution is -2.55. The summed E-state index contributed by atoms with van der Waals surface area (Å²) in [4.78, 5) is 14.7. The molecule has 0 aromatic rings. The molecule has 2 fully saturated rings. The summed E-state index contributed by atoms with van der Waals surface area (Å²) in [5.74, 6) is 0.294. The van der Waals surface area contributed by atoms with Crippen molar-refractivity contribution in [2.45, 2.75) is 12.8 Å². The lowest BCUT2D eigenvalue weighted by Gasteiger charge is -2.40. The molecule has 5 nitrogen and oxygen atoms in total. The van der Waals surface area contributed by atoms with Crippen LogP contribution >= 0.6 is 0 Å². The minimum Gasteiger partial charge on any atom is -0.384 e. The maximum absolute atomic E-state index is 12.7. The molecule has 2 heterocycles. The molecular formula is C12H23N3O2. The maximum atomic E-state index is 12.7.